The van der Waals surface area contributed by atoms with E-state index in [-0.39, 0.29) is 19.6 Å². The van der Waals surface area contributed by atoms with E-state index >= 15 is 0 Å². The molecule has 10 fully saturated rings. The number of Topliss-reactive ketones (excluding diaryl/α,β-unsaturated/α-hetero) is 2. The minimum atomic E-state index is -2.15. The van der Waals surface area contributed by atoms with Crippen LogP contribution in [0.1, 0.15) is 181 Å². The molecule has 0 aromatic carbocycles. The van der Waals surface area contributed by atoms with Crippen LogP contribution in [0.5, 0.6) is 0 Å². The molecule has 4 heterocycles. The van der Waals surface area contributed by atoms with Crippen LogP contribution in [-0.2, 0) is 66.6 Å². The third kappa shape index (κ3) is 8.08. The Balaban J connectivity index is 0.000000185. The maximum absolute atomic E-state index is 14.0. The molecule has 19 heteroatoms. The van der Waals surface area contributed by atoms with Crippen LogP contribution in [0.15, 0.2) is 23.3 Å². The van der Waals surface area contributed by atoms with Gasteiger partial charge in [0.15, 0.2) is 39.9 Å². The fourth-order valence-electron chi connectivity index (χ4n) is 19.3. The van der Waals surface area contributed by atoms with Crippen molar-refractivity contribution in [2.75, 3.05) is 13.2 Å². The van der Waals surface area contributed by atoms with Crippen molar-refractivity contribution < 1.29 is 92.1 Å². The van der Waals surface area contributed by atoms with Gasteiger partial charge in [0.05, 0.1) is 42.7 Å². The molecule has 0 unspecified atom stereocenters. The Kier molecular flexibility index (Phi) is 14.4. The highest BCUT2D eigenvalue weighted by Crippen LogP contribution is 2.82. The second kappa shape index (κ2) is 19.4. The van der Waals surface area contributed by atoms with Gasteiger partial charge in [0.1, 0.15) is 35.1 Å². The van der Waals surface area contributed by atoms with E-state index in [1.807, 2.05) is 27.7 Å². The predicted molar refractivity (Wildman–Crippen MR) is 295 cm³/mol. The van der Waals surface area contributed by atoms with E-state index in [4.69, 9.17) is 42.6 Å². The Hall–Kier alpha value is -3.21. The largest absolute Gasteiger partial charge is 0.458 e. The second-order valence-corrected chi connectivity index (χ2v) is 29.5. The maximum atomic E-state index is 14.0. The minimum absolute atomic E-state index is 0.0583. The summed E-state index contributed by atoms with van der Waals surface area (Å²) in [6, 6.07) is 0. The van der Waals surface area contributed by atoms with Crippen molar-refractivity contribution >= 4 is 29.5 Å². The number of hydrogen-bond donors (Lipinski definition) is 5. The van der Waals surface area contributed by atoms with Gasteiger partial charge in [-0.2, -0.15) is 0 Å². The van der Waals surface area contributed by atoms with Crippen LogP contribution in [0.4, 0.5) is 0 Å². The molecular formula is C64H94O19. The lowest BCUT2D eigenvalue weighted by Crippen LogP contribution is -2.70. The molecule has 6 saturated carbocycles. The zero-order chi connectivity index (χ0) is 60.8. The van der Waals surface area contributed by atoms with Crippen LogP contribution in [0, 0.1) is 58.2 Å². The molecule has 2 spiro atoms. The minimum Gasteiger partial charge on any atom is -0.458 e. The van der Waals surface area contributed by atoms with E-state index in [0.717, 1.165) is 19.3 Å². The summed E-state index contributed by atoms with van der Waals surface area (Å²) >= 11 is 0. The first-order chi connectivity index (χ1) is 38.5. The van der Waals surface area contributed by atoms with Gasteiger partial charge in [-0.05, 0) is 59.1 Å². The zero-order valence-corrected chi connectivity index (χ0v) is 51.6. The standard InChI is InChI=1S/C39H60O10.C25H34O9/c1-9-10-11-12-13-14-15-16-17-18-19-20-27(41)46-31-24(3)37(43)26-21-23(2)30(42)38(26,44)33-36(22-45-35(7,8)49-33)32(48-36)28(37)29-34(5,6)39(29,31)47-25(4)40;1-10-8-13-23(29)11(2)17(28)25(32-12(3)26)15(20(25,4)5)14(23)18-22(33-18)9-31-21(6,7)34-19(22)24(13,30)16(10)27/h21,24,26,28-29,31-33,43-44H,9-20,22H2,1-8H3;8,11,13-15,17-19,28-30H,9H2,1-7H3/t24-,26+,28-,29-,31-,32+,33-,36+,37+,38-,39-;11-,13+,14-,15-,17-,18+,19-,22+,23+,24-,25-/m11/s1. The molecule has 4 aliphatic heterocycles. The highest BCUT2D eigenvalue weighted by Gasteiger charge is 2.96. The molecule has 8 aliphatic carbocycles. The number of aliphatic hydroxyl groups is 5. The zero-order valence-electron chi connectivity index (χ0n) is 51.6. The third-order valence-corrected chi connectivity index (χ3v) is 23.4. The maximum Gasteiger partial charge on any atom is 0.306 e. The molecule has 0 aromatic rings. The Labute approximate surface area is 488 Å². The van der Waals surface area contributed by atoms with E-state index in [2.05, 4.69) is 6.92 Å². The number of esters is 3. The van der Waals surface area contributed by atoms with Crippen molar-refractivity contribution in [3.8, 4) is 0 Å². The van der Waals surface area contributed by atoms with Gasteiger partial charge in [-0.3, -0.25) is 24.0 Å². The molecule has 5 N–H and O–H groups in total. The van der Waals surface area contributed by atoms with Crippen molar-refractivity contribution in [2.45, 2.75) is 274 Å². The fourth-order valence-corrected chi connectivity index (χ4v) is 19.3. The number of ketones is 2. The second-order valence-electron chi connectivity index (χ2n) is 29.5. The Bertz CT molecular complexity index is 2770. The number of hydrogen-bond acceptors (Lipinski definition) is 19. The van der Waals surface area contributed by atoms with Gasteiger partial charge in [-0.25, -0.2) is 0 Å². The number of fused-ring (bicyclic) bond motifs is 14. The van der Waals surface area contributed by atoms with Crippen molar-refractivity contribution in [3.63, 3.8) is 0 Å². The fraction of sp³-hybridized carbons (Fsp3) is 0.859. The molecular weight excluding hydrogens is 1070 g/mol. The summed E-state index contributed by atoms with van der Waals surface area (Å²) in [6.07, 6.45) is 10.6. The molecule has 83 heavy (non-hydrogen) atoms. The number of rotatable bonds is 15. The summed E-state index contributed by atoms with van der Waals surface area (Å²) in [4.78, 5) is 66.0. The van der Waals surface area contributed by atoms with Crippen molar-refractivity contribution in [1.29, 1.82) is 0 Å². The van der Waals surface area contributed by atoms with Crippen LogP contribution < -0.4 is 0 Å². The summed E-state index contributed by atoms with van der Waals surface area (Å²) in [6.45, 7) is 26.4. The smallest absolute Gasteiger partial charge is 0.306 e. The molecule has 4 saturated heterocycles. The normalized spacial score (nSPS) is 49.3. The third-order valence-electron chi connectivity index (χ3n) is 23.4. The van der Waals surface area contributed by atoms with E-state index in [1.165, 1.54) is 58.8 Å². The lowest BCUT2D eigenvalue weighted by molar-refractivity contribution is -0.329. The van der Waals surface area contributed by atoms with Crippen LogP contribution in [-0.4, -0.2) is 161 Å². The number of epoxide rings is 2. The quantitative estimate of drug-likeness (QED) is 0.0527. The van der Waals surface area contributed by atoms with Gasteiger partial charge < -0.3 is 68.2 Å². The SMILES string of the molecule is CC(=O)O[C@@]12[C@H](O)[C@@H](C)[C@@]3(O)[C@H]([C@@H]1C2(C)C)[C@@H]1O[C@@]12COC(C)(C)O[C@H]2[C@]1(O)C(=O)C(C)=C[C@H]13.CCCCCCCCCCCCCC(=O)O[C@@H]1[C@@H](C)[C@@]2(O)[C@H]([C@@H]3C(C)(C)[C@]13OC(C)=O)[C@@H]1O[C@@]13COC(C)(C)O[C@H]3[C@]1(O)C(=O)C(C)=C[C@H]12. The summed E-state index contributed by atoms with van der Waals surface area (Å²) in [5.41, 5.74) is -13.3. The number of carbonyl (C=O) groups is 5. The number of unbranched alkanes of at least 4 members (excludes halogenated alkanes) is 10. The molecule has 22 atom stereocenters. The van der Waals surface area contributed by atoms with Crippen molar-refractivity contribution in [1.82, 2.24) is 0 Å². The van der Waals surface area contributed by atoms with Gasteiger partial charge in [0.25, 0.3) is 0 Å². The van der Waals surface area contributed by atoms with E-state index in [0.29, 0.717) is 17.6 Å². The Morgan fingerprint density at radius 1 is 0.578 bits per heavy atom. The highest BCUT2D eigenvalue weighted by molar-refractivity contribution is 6.06. The van der Waals surface area contributed by atoms with Crippen molar-refractivity contribution in [2.24, 2.45) is 58.2 Å². The Morgan fingerprint density at radius 3 is 1.40 bits per heavy atom. The molecule has 19 nitrogen and oxygen atoms in total. The van der Waals surface area contributed by atoms with Crippen molar-refractivity contribution in [3.05, 3.63) is 23.3 Å². The van der Waals surface area contributed by atoms with Gasteiger partial charge >= 0.3 is 17.9 Å². The first kappa shape index (κ1) is 61.4. The van der Waals surface area contributed by atoms with Gasteiger partial charge in [-0.15, -0.1) is 0 Å². The van der Waals surface area contributed by atoms with Gasteiger partial charge in [0.2, 0.25) is 0 Å². The predicted octanol–water partition coefficient (Wildman–Crippen LogP) is 6.21. The first-order valence-electron chi connectivity index (χ1n) is 31.1. The molecule has 12 aliphatic rings. The number of ether oxygens (including phenoxy) is 9. The van der Waals surface area contributed by atoms with E-state index in [1.54, 1.807) is 67.5 Å². The van der Waals surface area contributed by atoms with Crippen LogP contribution in [0.2, 0.25) is 0 Å². The monoisotopic (exact) mass is 1170 g/mol. The van der Waals surface area contributed by atoms with Crippen LogP contribution in [0.25, 0.3) is 0 Å². The summed E-state index contributed by atoms with van der Waals surface area (Å²) in [7, 11) is 0. The van der Waals surface area contributed by atoms with E-state index < -0.39 is 181 Å². The summed E-state index contributed by atoms with van der Waals surface area (Å²) in [5, 5.41) is 62.3. The first-order valence-corrected chi connectivity index (χ1v) is 31.1. The Morgan fingerprint density at radius 2 is 0.964 bits per heavy atom. The molecule has 12 rings (SSSR count). The topological polar surface area (TPSA) is 276 Å². The molecule has 0 amide bonds. The van der Waals surface area contributed by atoms with Crippen LogP contribution >= 0.6 is 0 Å². The average molecular weight is 1170 g/mol. The lowest BCUT2D eigenvalue weighted by Gasteiger charge is -2.54. The summed E-state index contributed by atoms with van der Waals surface area (Å²) in [5.74, 6) is -10.8. The number of aliphatic hydroxyl groups excluding tert-OH is 1. The molecule has 0 aromatic heterocycles. The average Bonchev–Trinajstić information content (AvgIpc) is 1.47. The van der Waals surface area contributed by atoms with Crippen LogP contribution in [0.3, 0.4) is 0 Å². The van der Waals surface area contributed by atoms with Gasteiger partial charge in [-0.1, -0.05) is 125 Å². The lowest BCUT2D eigenvalue weighted by atomic mass is 9.58. The molecule has 464 valence electrons. The number of carbonyl (C=O) groups excluding carboxylic acids is 5. The molecule has 0 radical (unpaired) electrons. The van der Waals surface area contributed by atoms with Gasteiger partial charge in [0, 0.05) is 78.4 Å². The molecule has 0 bridgehead atoms. The van der Waals surface area contributed by atoms with E-state index in [9.17, 15) is 49.5 Å². The highest BCUT2D eigenvalue weighted by atomic mass is 16.8. The summed E-state index contributed by atoms with van der Waals surface area (Å²) < 4.78 is 55.7.